The predicted octanol–water partition coefficient (Wildman–Crippen LogP) is 1.19. The molecule has 2 aliphatic heterocycles. The van der Waals surface area contributed by atoms with Crippen LogP contribution in [0.1, 0.15) is 5.56 Å². The maximum absolute atomic E-state index is 11.9. The lowest BCUT2D eigenvalue weighted by atomic mass is 9.80. The second-order valence-electron chi connectivity index (χ2n) is 4.92. The summed E-state index contributed by atoms with van der Waals surface area (Å²) in [6.45, 7) is 1.95. The first-order chi connectivity index (χ1) is 9.23. The number of hydrogen-bond acceptors (Lipinski definition) is 5. The van der Waals surface area contributed by atoms with E-state index in [1.54, 1.807) is 0 Å². The number of ether oxygens (including phenoxy) is 4. The SMILES string of the molecule is COC(=O)C1(Cc2ccc3c(c2)OCCO3)COC1. The molecule has 1 fully saturated rings. The molecular formula is C14H16O5. The molecule has 1 aromatic carbocycles. The van der Waals surface area contributed by atoms with Crippen molar-refractivity contribution in [1.29, 1.82) is 0 Å². The second-order valence-corrected chi connectivity index (χ2v) is 4.92. The van der Waals surface area contributed by atoms with Gasteiger partial charge in [0, 0.05) is 0 Å². The van der Waals surface area contributed by atoms with Crippen molar-refractivity contribution in [2.75, 3.05) is 33.5 Å². The molecule has 0 amide bonds. The van der Waals surface area contributed by atoms with Crippen LogP contribution in [0.3, 0.4) is 0 Å². The fourth-order valence-electron chi connectivity index (χ4n) is 2.45. The molecule has 0 spiro atoms. The van der Waals surface area contributed by atoms with Crippen LogP contribution in [-0.2, 0) is 20.7 Å². The first-order valence-electron chi connectivity index (χ1n) is 6.28. The molecule has 0 aliphatic carbocycles. The lowest BCUT2D eigenvalue weighted by molar-refractivity contribution is -0.182. The number of carbonyl (C=O) groups excluding carboxylic acids is 1. The average molecular weight is 264 g/mol. The molecule has 0 aromatic heterocycles. The largest absolute Gasteiger partial charge is 0.486 e. The molecule has 2 heterocycles. The summed E-state index contributed by atoms with van der Waals surface area (Å²) in [4.78, 5) is 11.9. The molecule has 0 radical (unpaired) electrons. The van der Waals surface area contributed by atoms with Gasteiger partial charge in [-0.25, -0.2) is 0 Å². The van der Waals surface area contributed by atoms with Crippen LogP contribution in [0, 0.1) is 5.41 Å². The number of methoxy groups -OCH3 is 1. The Labute approximate surface area is 111 Å². The van der Waals surface area contributed by atoms with E-state index in [1.165, 1.54) is 7.11 Å². The van der Waals surface area contributed by atoms with E-state index < -0.39 is 5.41 Å². The Morgan fingerprint density at radius 1 is 1.26 bits per heavy atom. The van der Waals surface area contributed by atoms with Crippen LogP contribution in [0.4, 0.5) is 0 Å². The molecule has 1 aromatic rings. The lowest BCUT2D eigenvalue weighted by Gasteiger charge is -2.38. The van der Waals surface area contributed by atoms with Gasteiger partial charge in [0.15, 0.2) is 11.5 Å². The zero-order valence-corrected chi connectivity index (χ0v) is 10.8. The first-order valence-corrected chi connectivity index (χ1v) is 6.28. The molecule has 0 bridgehead atoms. The van der Waals surface area contributed by atoms with E-state index in [0.717, 1.165) is 17.1 Å². The molecule has 5 heteroatoms. The zero-order chi connectivity index (χ0) is 13.3. The summed E-state index contributed by atoms with van der Waals surface area (Å²) in [5.41, 5.74) is 0.483. The van der Waals surface area contributed by atoms with E-state index in [-0.39, 0.29) is 5.97 Å². The van der Waals surface area contributed by atoms with Crippen molar-refractivity contribution in [3.05, 3.63) is 23.8 Å². The summed E-state index contributed by atoms with van der Waals surface area (Å²) in [5, 5.41) is 0. The van der Waals surface area contributed by atoms with Crippen LogP contribution in [0.25, 0.3) is 0 Å². The van der Waals surface area contributed by atoms with E-state index in [2.05, 4.69) is 0 Å². The Morgan fingerprint density at radius 3 is 2.63 bits per heavy atom. The molecule has 5 nitrogen and oxygen atoms in total. The summed E-state index contributed by atoms with van der Waals surface area (Å²) in [6.07, 6.45) is 0.594. The van der Waals surface area contributed by atoms with Crippen LogP contribution >= 0.6 is 0 Å². The fourth-order valence-corrected chi connectivity index (χ4v) is 2.45. The van der Waals surface area contributed by atoms with Gasteiger partial charge < -0.3 is 18.9 Å². The maximum atomic E-state index is 11.9. The number of carbonyl (C=O) groups is 1. The smallest absolute Gasteiger partial charge is 0.316 e. The minimum atomic E-state index is -0.543. The van der Waals surface area contributed by atoms with Crippen LogP contribution in [0.5, 0.6) is 11.5 Å². The van der Waals surface area contributed by atoms with Gasteiger partial charge in [-0.05, 0) is 24.1 Å². The third kappa shape index (κ3) is 2.14. The standard InChI is InChI=1S/C14H16O5/c1-16-13(15)14(8-17-9-14)7-10-2-3-11-12(6-10)19-5-4-18-11/h2-3,6H,4-5,7-9H2,1H3. The van der Waals surface area contributed by atoms with E-state index in [9.17, 15) is 4.79 Å². The number of rotatable bonds is 3. The highest BCUT2D eigenvalue weighted by Crippen LogP contribution is 2.36. The van der Waals surface area contributed by atoms with Crippen LogP contribution in [0.2, 0.25) is 0 Å². The zero-order valence-electron chi connectivity index (χ0n) is 10.8. The first kappa shape index (κ1) is 12.3. The summed E-state index contributed by atoms with van der Waals surface area (Å²) in [7, 11) is 1.41. The van der Waals surface area contributed by atoms with Crippen LogP contribution in [0.15, 0.2) is 18.2 Å². The van der Waals surface area contributed by atoms with Gasteiger partial charge in [0.25, 0.3) is 0 Å². The summed E-state index contributed by atoms with van der Waals surface area (Å²) < 4.78 is 21.1. The van der Waals surface area contributed by atoms with Gasteiger partial charge in [-0.2, -0.15) is 0 Å². The van der Waals surface area contributed by atoms with E-state index in [0.29, 0.717) is 32.8 Å². The molecule has 1 saturated heterocycles. The minimum absolute atomic E-state index is 0.214. The maximum Gasteiger partial charge on any atom is 0.316 e. The Balaban J connectivity index is 1.81. The highest BCUT2D eigenvalue weighted by atomic mass is 16.6. The van der Waals surface area contributed by atoms with Gasteiger partial charge in [-0.1, -0.05) is 6.07 Å². The molecular weight excluding hydrogens is 248 g/mol. The van der Waals surface area contributed by atoms with E-state index >= 15 is 0 Å². The second kappa shape index (κ2) is 4.74. The molecule has 0 unspecified atom stereocenters. The molecule has 19 heavy (non-hydrogen) atoms. The summed E-state index contributed by atoms with van der Waals surface area (Å²) in [6, 6.07) is 5.77. The Morgan fingerprint density at radius 2 is 2.00 bits per heavy atom. The Kier molecular flexibility index (Phi) is 3.06. The monoisotopic (exact) mass is 264 g/mol. The number of fused-ring (bicyclic) bond motifs is 1. The van der Waals surface area contributed by atoms with Crippen LogP contribution in [-0.4, -0.2) is 39.5 Å². The summed E-state index contributed by atoms with van der Waals surface area (Å²) in [5.74, 6) is 1.28. The van der Waals surface area contributed by atoms with E-state index in [1.807, 2.05) is 18.2 Å². The van der Waals surface area contributed by atoms with Crippen molar-refractivity contribution in [2.45, 2.75) is 6.42 Å². The molecule has 0 saturated carbocycles. The third-order valence-corrected chi connectivity index (χ3v) is 3.52. The van der Waals surface area contributed by atoms with Gasteiger partial charge in [0.05, 0.1) is 20.3 Å². The number of hydrogen-bond donors (Lipinski definition) is 0. The fraction of sp³-hybridized carbons (Fsp3) is 0.500. The quantitative estimate of drug-likeness (QED) is 0.768. The van der Waals surface area contributed by atoms with Gasteiger partial charge in [-0.15, -0.1) is 0 Å². The average Bonchev–Trinajstić information content (AvgIpc) is 2.42. The Bertz CT molecular complexity index is 493. The van der Waals surface area contributed by atoms with E-state index in [4.69, 9.17) is 18.9 Å². The molecule has 2 aliphatic rings. The minimum Gasteiger partial charge on any atom is -0.486 e. The van der Waals surface area contributed by atoms with Crippen molar-refractivity contribution < 1.29 is 23.7 Å². The van der Waals surface area contributed by atoms with Gasteiger partial charge in [-0.3, -0.25) is 4.79 Å². The molecule has 0 N–H and O–H groups in total. The highest BCUT2D eigenvalue weighted by Gasteiger charge is 2.47. The Hall–Kier alpha value is -1.75. The summed E-state index contributed by atoms with van der Waals surface area (Å²) >= 11 is 0. The number of esters is 1. The topological polar surface area (TPSA) is 54.0 Å². The molecule has 3 rings (SSSR count). The molecule has 0 atom stereocenters. The third-order valence-electron chi connectivity index (χ3n) is 3.52. The van der Waals surface area contributed by atoms with Crippen LogP contribution < -0.4 is 9.47 Å². The van der Waals surface area contributed by atoms with Crippen molar-refractivity contribution in [3.63, 3.8) is 0 Å². The predicted molar refractivity (Wildman–Crippen MR) is 66.4 cm³/mol. The van der Waals surface area contributed by atoms with Crippen molar-refractivity contribution in [3.8, 4) is 11.5 Å². The lowest BCUT2D eigenvalue weighted by Crippen LogP contribution is -2.51. The normalized spacial score (nSPS) is 19.4. The van der Waals surface area contributed by atoms with Gasteiger partial charge in [0.2, 0.25) is 0 Å². The van der Waals surface area contributed by atoms with Gasteiger partial charge >= 0.3 is 5.97 Å². The molecule has 102 valence electrons. The van der Waals surface area contributed by atoms with Crippen molar-refractivity contribution >= 4 is 5.97 Å². The highest BCUT2D eigenvalue weighted by molar-refractivity contribution is 5.78. The number of benzene rings is 1. The van der Waals surface area contributed by atoms with Crippen molar-refractivity contribution in [2.24, 2.45) is 5.41 Å². The van der Waals surface area contributed by atoms with Gasteiger partial charge in [0.1, 0.15) is 18.6 Å². The van der Waals surface area contributed by atoms with Crippen molar-refractivity contribution in [1.82, 2.24) is 0 Å².